The third-order valence-electron chi connectivity index (χ3n) is 5.74. The van der Waals surface area contributed by atoms with Crippen molar-refractivity contribution in [2.75, 3.05) is 0 Å². The Bertz CT molecular complexity index is 699. The summed E-state index contributed by atoms with van der Waals surface area (Å²) in [5.41, 5.74) is 1.31. The smallest absolute Gasteiger partial charge is 0.308 e. The fourth-order valence-electron chi connectivity index (χ4n) is 4.38. The Morgan fingerprint density at radius 1 is 1.04 bits per heavy atom. The fourth-order valence-corrected chi connectivity index (χ4v) is 4.38. The van der Waals surface area contributed by atoms with Gasteiger partial charge in [-0.1, -0.05) is 67.2 Å². The van der Waals surface area contributed by atoms with Crippen LogP contribution >= 0.6 is 0 Å². The van der Waals surface area contributed by atoms with Gasteiger partial charge >= 0.3 is 5.97 Å². The average molecular weight is 391 g/mol. The van der Waals surface area contributed by atoms with E-state index in [0.717, 1.165) is 36.8 Å². The number of hydrogen-bond acceptors (Lipinski definition) is 4. The molecule has 28 heavy (non-hydrogen) atoms. The molecule has 0 amide bonds. The summed E-state index contributed by atoms with van der Waals surface area (Å²) in [5, 5.41) is 22.4. The summed E-state index contributed by atoms with van der Waals surface area (Å²) < 4.78 is 5.73. The van der Waals surface area contributed by atoms with Crippen molar-refractivity contribution in [2.24, 2.45) is 5.92 Å². The van der Waals surface area contributed by atoms with Gasteiger partial charge in [0.1, 0.15) is 11.5 Å². The summed E-state index contributed by atoms with van der Waals surface area (Å²) >= 11 is 0. The van der Waals surface area contributed by atoms with Gasteiger partial charge in [0.2, 0.25) is 0 Å². The Hall–Kier alpha value is -1.55. The zero-order valence-corrected chi connectivity index (χ0v) is 18.7. The number of phenolic OH excluding ortho intramolecular Hbond substituents is 1. The van der Waals surface area contributed by atoms with Gasteiger partial charge in [-0.15, -0.1) is 0 Å². The fraction of sp³-hybridized carbons (Fsp3) is 0.708. The van der Waals surface area contributed by atoms with Crippen molar-refractivity contribution in [3.8, 4) is 11.5 Å². The van der Waals surface area contributed by atoms with E-state index in [-0.39, 0.29) is 17.1 Å². The normalized spacial score (nSPS) is 17.9. The van der Waals surface area contributed by atoms with Crippen LogP contribution in [-0.2, 0) is 15.6 Å². The van der Waals surface area contributed by atoms with Crippen LogP contribution in [0.25, 0.3) is 0 Å². The van der Waals surface area contributed by atoms with Gasteiger partial charge < -0.3 is 14.9 Å². The number of aromatic hydroxyl groups is 1. The van der Waals surface area contributed by atoms with E-state index in [1.54, 1.807) is 6.07 Å². The second kappa shape index (κ2) is 8.44. The van der Waals surface area contributed by atoms with Gasteiger partial charge in [0.25, 0.3) is 0 Å². The minimum atomic E-state index is -0.768. The molecule has 0 aromatic heterocycles. The van der Waals surface area contributed by atoms with Gasteiger partial charge in [0.15, 0.2) is 0 Å². The highest BCUT2D eigenvalue weighted by Crippen LogP contribution is 2.49. The summed E-state index contributed by atoms with van der Waals surface area (Å²) in [6, 6.07) is 1.68. The molecule has 4 nitrogen and oxygen atoms in total. The second-order valence-corrected chi connectivity index (χ2v) is 10.4. The second-order valence-electron chi connectivity index (χ2n) is 10.4. The van der Waals surface area contributed by atoms with E-state index in [4.69, 9.17) is 4.74 Å². The number of hydrogen-bond donors (Lipinski definition) is 2. The number of carbonyl (C=O) groups excluding carboxylic acids is 1. The third-order valence-corrected chi connectivity index (χ3v) is 5.74. The van der Waals surface area contributed by atoms with Crippen molar-refractivity contribution in [1.82, 2.24) is 0 Å². The van der Waals surface area contributed by atoms with Crippen molar-refractivity contribution in [1.29, 1.82) is 0 Å². The highest BCUT2D eigenvalue weighted by Gasteiger charge is 2.36. The zero-order chi connectivity index (χ0) is 21.3. The van der Waals surface area contributed by atoms with Gasteiger partial charge in [-0.05, 0) is 35.7 Å². The molecule has 158 valence electrons. The van der Waals surface area contributed by atoms with Crippen molar-refractivity contribution >= 4 is 5.97 Å². The molecule has 1 aromatic carbocycles. The van der Waals surface area contributed by atoms with Crippen molar-refractivity contribution in [3.63, 3.8) is 0 Å². The van der Waals surface area contributed by atoms with E-state index in [1.807, 2.05) is 41.5 Å². The maximum absolute atomic E-state index is 11.9. The number of esters is 1. The van der Waals surface area contributed by atoms with Gasteiger partial charge in [-0.3, -0.25) is 4.79 Å². The van der Waals surface area contributed by atoms with Crippen LogP contribution in [-0.4, -0.2) is 16.2 Å². The molecule has 4 heteroatoms. The number of aliphatic hydroxyl groups excluding tert-OH is 1. The van der Waals surface area contributed by atoms with Crippen LogP contribution in [0.1, 0.15) is 110 Å². The van der Waals surface area contributed by atoms with Crippen LogP contribution in [0, 0.1) is 5.92 Å². The molecule has 1 aromatic rings. The molecule has 0 saturated heterocycles. The molecule has 1 saturated carbocycles. The predicted molar refractivity (Wildman–Crippen MR) is 113 cm³/mol. The molecule has 1 aliphatic rings. The average Bonchev–Trinajstić information content (AvgIpc) is 2.81. The van der Waals surface area contributed by atoms with Crippen LogP contribution in [0.3, 0.4) is 0 Å². The number of benzene rings is 1. The van der Waals surface area contributed by atoms with E-state index in [9.17, 15) is 15.0 Å². The van der Waals surface area contributed by atoms with E-state index in [0.29, 0.717) is 11.3 Å². The van der Waals surface area contributed by atoms with Crippen LogP contribution < -0.4 is 4.74 Å². The van der Waals surface area contributed by atoms with E-state index in [1.165, 1.54) is 19.8 Å². The Labute approximate surface area is 170 Å². The van der Waals surface area contributed by atoms with Gasteiger partial charge in [-0.25, -0.2) is 0 Å². The summed E-state index contributed by atoms with van der Waals surface area (Å²) in [7, 11) is 0. The molecule has 1 aliphatic carbocycles. The molecule has 1 atom stereocenters. The number of aliphatic hydroxyl groups is 1. The van der Waals surface area contributed by atoms with Gasteiger partial charge in [0, 0.05) is 23.6 Å². The van der Waals surface area contributed by atoms with Crippen molar-refractivity contribution in [2.45, 2.75) is 104 Å². The summed E-state index contributed by atoms with van der Waals surface area (Å²) in [4.78, 5) is 11.9. The molecule has 0 aliphatic heterocycles. The molecule has 2 N–H and O–H groups in total. The molecule has 0 radical (unpaired) electrons. The highest BCUT2D eigenvalue weighted by molar-refractivity contribution is 5.72. The first-order valence-corrected chi connectivity index (χ1v) is 10.6. The van der Waals surface area contributed by atoms with Crippen molar-refractivity contribution in [3.05, 3.63) is 22.8 Å². The first kappa shape index (κ1) is 22.7. The van der Waals surface area contributed by atoms with Crippen LogP contribution in [0.4, 0.5) is 0 Å². The van der Waals surface area contributed by atoms with Crippen LogP contribution in [0.15, 0.2) is 6.07 Å². The number of rotatable bonds is 3. The lowest BCUT2D eigenvalue weighted by Crippen LogP contribution is -2.25. The number of carbonyl (C=O) groups is 1. The van der Waals surface area contributed by atoms with E-state index < -0.39 is 17.5 Å². The number of phenols is 1. The molecule has 0 spiro atoms. The lowest BCUT2D eigenvalue weighted by molar-refractivity contribution is -0.132. The maximum Gasteiger partial charge on any atom is 0.308 e. The zero-order valence-electron chi connectivity index (χ0n) is 18.7. The Kier molecular flexibility index (Phi) is 6.86. The Morgan fingerprint density at radius 2 is 1.57 bits per heavy atom. The van der Waals surface area contributed by atoms with E-state index in [2.05, 4.69) is 0 Å². The minimum absolute atomic E-state index is 0.0995. The molecular formula is C24H38O4. The monoisotopic (exact) mass is 390 g/mol. The molecular weight excluding hydrogens is 352 g/mol. The summed E-state index contributed by atoms with van der Waals surface area (Å²) in [6.07, 6.45) is 5.73. The predicted octanol–water partition coefficient (Wildman–Crippen LogP) is 5.92. The van der Waals surface area contributed by atoms with Gasteiger partial charge in [-0.2, -0.15) is 0 Å². The van der Waals surface area contributed by atoms with Crippen molar-refractivity contribution < 1.29 is 19.7 Å². The van der Waals surface area contributed by atoms with Crippen LogP contribution in [0.2, 0.25) is 0 Å². The standard InChI is InChI=1S/C24H38O4/c1-15(25)28-22-17(23(2,3)4)14-18(26)19(20(22)24(5,6)7)21(27)16-12-10-8-9-11-13-16/h14,16,21,26-27H,8-13H2,1-7H3. The maximum atomic E-state index is 11.9. The minimum Gasteiger partial charge on any atom is -0.508 e. The molecule has 2 rings (SSSR count). The molecule has 1 unspecified atom stereocenters. The Balaban J connectivity index is 2.75. The van der Waals surface area contributed by atoms with E-state index >= 15 is 0 Å². The SMILES string of the molecule is CC(=O)Oc1c(C(C)(C)C)cc(O)c(C(O)C2CCCCCC2)c1C(C)(C)C. The topological polar surface area (TPSA) is 66.8 Å². The molecule has 1 fully saturated rings. The first-order valence-electron chi connectivity index (χ1n) is 10.6. The summed E-state index contributed by atoms with van der Waals surface area (Å²) in [5.74, 6) is 0.312. The molecule has 0 bridgehead atoms. The number of ether oxygens (including phenoxy) is 1. The van der Waals surface area contributed by atoms with Gasteiger partial charge in [0.05, 0.1) is 6.10 Å². The lowest BCUT2D eigenvalue weighted by Gasteiger charge is -2.34. The highest BCUT2D eigenvalue weighted by atomic mass is 16.5. The van der Waals surface area contributed by atoms with Crippen LogP contribution in [0.5, 0.6) is 11.5 Å². The third kappa shape index (κ3) is 5.08. The Morgan fingerprint density at radius 3 is 2.00 bits per heavy atom. The first-order chi connectivity index (χ1) is 12.8. The summed E-state index contributed by atoms with van der Waals surface area (Å²) in [6.45, 7) is 13.6. The molecule has 0 heterocycles. The lowest BCUT2D eigenvalue weighted by atomic mass is 9.74. The largest absolute Gasteiger partial charge is 0.508 e. The quantitative estimate of drug-likeness (QED) is 0.382.